The van der Waals surface area contributed by atoms with Crippen LogP contribution in [0.2, 0.25) is 0 Å². The average molecular weight is 387 g/mol. The lowest BCUT2D eigenvalue weighted by molar-refractivity contribution is 0.0689. The van der Waals surface area contributed by atoms with Crippen molar-refractivity contribution in [2.24, 2.45) is 0 Å². The molecule has 0 atom stereocenters. The molecule has 142 valence electrons. The SMILES string of the molecule is N#CC(=C(O)Cn1nc(C(=O)O)c2ccccc2c1=O)c1nc2ccccc2[nH]1. The van der Waals surface area contributed by atoms with Crippen LogP contribution in [0, 0.1) is 11.3 Å². The van der Waals surface area contributed by atoms with Gasteiger partial charge in [0.2, 0.25) is 0 Å². The summed E-state index contributed by atoms with van der Waals surface area (Å²) in [6.45, 7) is -0.482. The molecule has 2 aromatic carbocycles. The van der Waals surface area contributed by atoms with Gasteiger partial charge in [0.1, 0.15) is 23.9 Å². The van der Waals surface area contributed by atoms with Gasteiger partial charge in [0, 0.05) is 5.39 Å². The van der Waals surface area contributed by atoms with Gasteiger partial charge in [0.05, 0.1) is 16.4 Å². The molecular formula is C20H13N5O4. The predicted molar refractivity (Wildman–Crippen MR) is 104 cm³/mol. The van der Waals surface area contributed by atoms with Crippen molar-refractivity contribution in [3.05, 3.63) is 76.2 Å². The number of carboxylic acid groups (broad SMARTS) is 1. The number of aliphatic hydroxyl groups is 1. The first kappa shape index (κ1) is 17.9. The van der Waals surface area contributed by atoms with Crippen LogP contribution in [0.4, 0.5) is 0 Å². The van der Waals surface area contributed by atoms with Crippen molar-refractivity contribution in [1.29, 1.82) is 5.26 Å². The maximum Gasteiger partial charge on any atom is 0.357 e. The number of imidazole rings is 1. The lowest BCUT2D eigenvalue weighted by Gasteiger charge is -2.09. The number of carbonyl (C=O) groups is 1. The molecule has 29 heavy (non-hydrogen) atoms. The highest BCUT2D eigenvalue weighted by Crippen LogP contribution is 2.20. The van der Waals surface area contributed by atoms with E-state index in [1.54, 1.807) is 36.4 Å². The molecule has 2 heterocycles. The summed E-state index contributed by atoms with van der Waals surface area (Å²) in [5, 5.41) is 33.7. The molecule has 0 amide bonds. The summed E-state index contributed by atoms with van der Waals surface area (Å²) in [5.74, 6) is -1.64. The number of allylic oxidation sites excluding steroid dienone is 2. The van der Waals surface area contributed by atoms with Gasteiger partial charge >= 0.3 is 5.97 Å². The topological polar surface area (TPSA) is 145 Å². The number of H-pyrrole nitrogens is 1. The van der Waals surface area contributed by atoms with Crippen LogP contribution in [-0.4, -0.2) is 35.9 Å². The van der Waals surface area contributed by atoms with Crippen LogP contribution in [0.1, 0.15) is 16.3 Å². The van der Waals surface area contributed by atoms with Crippen LogP contribution in [0.5, 0.6) is 0 Å². The molecule has 4 aromatic rings. The summed E-state index contributed by atoms with van der Waals surface area (Å²) in [4.78, 5) is 31.5. The molecule has 4 rings (SSSR count). The molecule has 2 aromatic heterocycles. The minimum Gasteiger partial charge on any atom is -0.509 e. The normalized spacial score (nSPS) is 12.0. The summed E-state index contributed by atoms with van der Waals surface area (Å²) < 4.78 is 0.821. The van der Waals surface area contributed by atoms with Gasteiger partial charge < -0.3 is 15.2 Å². The van der Waals surface area contributed by atoms with Crippen LogP contribution >= 0.6 is 0 Å². The number of aliphatic hydroxyl groups excluding tert-OH is 1. The largest absolute Gasteiger partial charge is 0.509 e. The third-order valence-electron chi connectivity index (χ3n) is 4.40. The van der Waals surface area contributed by atoms with E-state index in [1.165, 1.54) is 12.1 Å². The highest BCUT2D eigenvalue weighted by molar-refractivity contribution is 6.01. The fraction of sp³-hybridized carbons (Fsp3) is 0.0500. The van der Waals surface area contributed by atoms with E-state index in [2.05, 4.69) is 15.1 Å². The zero-order valence-electron chi connectivity index (χ0n) is 14.8. The van der Waals surface area contributed by atoms with Gasteiger partial charge in [0.25, 0.3) is 5.56 Å². The van der Waals surface area contributed by atoms with Crippen molar-refractivity contribution in [3.63, 3.8) is 0 Å². The molecule has 9 nitrogen and oxygen atoms in total. The third kappa shape index (κ3) is 3.08. The second-order valence-corrected chi connectivity index (χ2v) is 6.20. The van der Waals surface area contributed by atoms with Gasteiger partial charge in [-0.05, 0) is 18.2 Å². The van der Waals surface area contributed by atoms with Gasteiger partial charge in [-0.1, -0.05) is 30.3 Å². The smallest absolute Gasteiger partial charge is 0.357 e. The summed E-state index contributed by atoms with van der Waals surface area (Å²) >= 11 is 0. The number of nitrogens with one attached hydrogen (secondary N) is 1. The molecule has 0 fully saturated rings. The van der Waals surface area contributed by atoms with Gasteiger partial charge in [-0.3, -0.25) is 4.79 Å². The summed E-state index contributed by atoms with van der Waals surface area (Å²) in [7, 11) is 0. The first-order valence-electron chi connectivity index (χ1n) is 8.50. The number of nitrogens with zero attached hydrogens (tertiary/aromatic N) is 4. The average Bonchev–Trinajstić information content (AvgIpc) is 3.14. The Labute approximate surface area is 162 Å². The second-order valence-electron chi connectivity index (χ2n) is 6.20. The van der Waals surface area contributed by atoms with E-state index in [9.17, 15) is 25.1 Å². The third-order valence-corrected chi connectivity index (χ3v) is 4.40. The molecule has 0 bridgehead atoms. The lowest BCUT2D eigenvalue weighted by Crippen LogP contribution is -2.27. The zero-order chi connectivity index (χ0) is 20.5. The molecule has 0 aliphatic rings. The standard InChI is InChI=1S/C20H13N5O4/c21-9-13(18-22-14-7-3-4-8-15(14)23-18)16(26)10-25-19(27)12-6-2-1-5-11(12)17(24-25)20(28)29/h1-8,26H,10H2,(H,22,23)(H,28,29). The van der Waals surface area contributed by atoms with Crippen LogP contribution in [0.25, 0.3) is 27.4 Å². The number of carboxylic acids is 1. The summed E-state index contributed by atoms with van der Waals surface area (Å²) in [5.41, 5.74) is 0.212. The van der Waals surface area contributed by atoms with Crippen molar-refractivity contribution < 1.29 is 15.0 Å². The molecule has 0 aliphatic carbocycles. The quantitative estimate of drug-likeness (QED) is 0.360. The van der Waals surface area contributed by atoms with E-state index in [-0.39, 0.29) is 27.9 Å². The first-order chi connectivity index (χ1) is 14.0. The van der Waals surface area contributed by atoms with E-state index in [0.717, 1.165) is 4.68 Å². The molecule has 0 saturated carbocycles. The van der Waals surface area contributed by atoms with E-state index < -0.39 is 23.8 Å². The number of aromatic carboxylic acids is 1. The zero-order valence-corrected chi connectivity index (χ0v) is 14.8. The molecule has 0 spiro atoms. The molecular weight excluding hydrogens is 374 g/mol. The van der Waals surface area contributed by atoms with Crippen molar-refractivity contribution >= 4 is 33.3 Å². The second kappa shape index (κ2) is 6.94. The molecule has 9 heteroatoms. The summed E-state index contributed by atoms with van der Waals surface area (Å²) in [6, 6.07) is 15.1. The molecule has 0 aliphatic heterocycles. The number of nitriles is 1. The minimum atomic E-state index is -1.31. The number of fused-ring (bicyclic) bond motifs is 2. The van der Waals surface area contributed by atoms with Crippen LogP contribution < -0.4 is 5.56 Å². The van der Waals surface area contributed by atoms with Gasteiger partial charge in [-0.25, -0.2) is 14.5 Å². The summed E-state index contributed by atoms with van der Waals surface area (Å²) in [6.07, 6.45) is 0. The number of para-hydroxylation sites is 2. The highest BCUT2D eigenvalue weighted by Gasteiger charge is 2.18. The number of aromatic amines is 1. The highest BCUT2D eigenvalue weighted by atomic mass is 16.4. The Hall–Kier alpha value is -4.45. The Morgan fingerprint density at radius 3 is 2.48 bits per heavy atom. The van der Waals surface area contributed by atoms with Gasteiger partial charge in [0.15, 0.2) is 11.5 Å². The molecule has 0 radical (unpaired) electrons. The van der Waals surface area contributed by atoms with E-state index in [4.69, 9.17) is 0 Å². The van der Waals surface area contributed by atoms with Crippen molar-refractivity contribution in [1.82, 2.24) is 19.7 Å². The number of aromatic nitrogens is 4. The maximum atomic E-state index is 12.7. The Morgan fingerprint density at radius 1 is 1.10 bits per heavy atom. The van der Waals surface area contributed by atoms with E-state index in [1.807, 2.05) is 6.07 Å². The molecule has 3 N–H and O–H groups in total. The van der Waals surface area contributed by atoms with Crippen molar-refractivity contribution in [2.75, 3.05) is 0 Å². The Kier molecular flexibility index (Phi) is 4.29. The van der Waals surface area contributed by atoms with E-state index >= 15 is 0 Å². The van der Waals surface area contributed by atoms with Crippen molar-refractivity contribution in [3.8, 4) is 6.07 Å². The van der Waals surface area contributed by atoms with Crippen LogP contribution in [0.15, 0.2) is 59.1 Å². The van der Waals surface area contributed by atoms with Crippen LogP contribution in [0.3, 0.4) is 0 Å². The monoisotopic (exact) mass is 387 g/mol. The Balaban J connectivity index is 1.84. The minimum absolute atomic E-state index is 0.137. The number of hydrogen-bond donors (Lipinski definition) is 3. The fourth-order valence-corrected chi connectivity index (χ4v) is 3.05. The lowest BCUT2D eigenvalue weighted by atomic mass is 10.1. The molecule has 0 unspecified atom stereocenters. The molecule has 0 saturated heterocycles. The number of hydrogen-bond acceptors (Lipinski definition) is 6. The fourth-order valence-electron chi connectivity index (χ4n) is 3.05. The van der Waals surface area contributed by atoms with Crippen LogP contribution in [-0.2, 0) is 6.54 Å². The Bertz CT molecular complexity index is 1370. The van der Waals surface area contributed by atoms with Gasteiger partial charge in [-0.15, -0.1) is 0 Å². The predicted octanol–water partition coefficient (Wildman–Crippen LogP) is 2.46. The van der Waals surface area contributed by atoms with Crippen molar-refractivity contribution in [2.45, 2.75) is 6.54 Å². The van der Waals surface area contributed by atoms with E-state index in [0.29, 0.717) is 11.0 Å². The van der Waals surface area contributed by atoms with Gasteiger partial charge in [-0.2, -0.15) is 10.4 Å². The Morgan fingerprint density at radius 2 is 1.79 bits per heavy atom. The number of rotatable bonds is 4. The maximum absolute atomic E-state index is 12.7. The number of benzene rings is 2. The first-order valence-corrected chi connectivity index (χ1v) is 8.50.